The lowest BCUT2D eigenvalue weighted by molar-refractivity contribution is -0.120. The molecule has 0 atom stereocenters. The van der Waals surface area contributed by atoms with Crippen molar-refractivity contribution in [2.75, 3.05) is 6.54 Å². The van der Waals surface area contributed by atoms with Crippen molar-refractivity contribution in [2.24, 2.45) is 0 Å². The van der Waals surface area contributed by atoms with Gasteiger partial charge in [0.2, 0.25) is 5.91 Å². The maximum Gasteiger partial charge on any atom is 0.269 e. The van der Waals surface area contributed by atoms with Crippen molar-refractivity contribution in [2.45, 2.75) is 18.9 Å². The molecule has 1 heterocycles. The van der Waals surface area contributed by atoms with Crippen LogP contribution < -0.4 is 10.6 Å². The average molecular weight is 284 g/mol. The molecule has 3 N–H and O–H groups in total. The molecule has 6 nitrogen and oxygen atoms in total. The number of benzene rings is 1. The van der Waals surface area contributed by atoms with Gasteiger partial charge in [-0.3, -0.25) is 14.7 Å². The molecule has 2 amide bonds. The first-order valence-electron chi connectivity index (χ1n) is 6.91. The van der Waals surface area contributed by atoms with Crippen molar-refractivity contribution < 1.29 is 9.59 Å². The molecule has 1 saturated carbocycles. The van der Waals surface area contributed by atoms with Crippen LogP contribution in [0, 0.1) is 0 Å². The summed E-state index contributed by atoms with van der Waals surface area (Å²) in [6, 6.07) is 11.5. The van der Waals surface area contributed by atoms with Crippen LogP contribution in [-0.4, -0.2) is 34.6 Å². The molecule has 0 bridgehead atoms. The Hall–Kier alpha value is -2.63. The van der Waals surface area contributed by atoms with Gasteiger partial charge < -0.3 is 10.6 Å². The molecule has 1 fully saturated rings. The number of hydrogen-bond acceptors (Lipinski definition) is 3. The van der Waals surface area contributed by atoms with Crippen LogP contribution in [0.3, 0.4) is 0 Å². The van der Waals surface area contributed by atoms with Crippen molar-refractivity contribution >= 4 is 11.8 Å². The molecule has 108 valence electrons. The molecule has 0 saturated heterocycles. The van der Waals surface area contributed by atoms with Crippen LogP contribution in [0.5, 0.6) is 0 Å². The van der Waals surface area contributed by atoms with E-state index in [0.29, 0.717) is 17.4 Å². The first-order chi connectivity index (χ1) is 10.2. The van der Waals surface area contributed by atoms with Gasteiger partial charge in [0.05, 0.1) is 12.2 Å². The summed E-state index contributed by atoms with van der Waals surface area (Å²) in [5.41, 5.74) is 1.97. The Morgan fingerprint density at radius 1 is 1.24 bits per heavy atom. The summed E-state index contributed by atoms with van der Waals surface area (Å²) >= 11 is 0. The molecule has 1 aliphatic carbocycles. The Balaban J connectivity index is 1.57. The number of aromatic amines is 1. The molecule has 0 spiro atoms. The highest BCUT2D eigenvalue weighted by molar-refractivity contribution is 5.95. The summed E-state index contributed by atoms with van der Waals surface area (Å²) in [5, 5.41) is 12.2. The SMILES string of the molecule is O=C(CNC(=O)c1cc(-c2ccccc2)n[nH]1)NC1CC1. The fourth-order valence-corrected chi connectivity index (χ4v) is 1.96. The van der Waals surface area contributed by atoms with Crippen molar-refractivity contribution in [3.8, 4) is 11.3 Å². The highest BCUT2D eigenvalue weighted by Gasteiger charge is 2.23. The van der Waals surface area contributed by atoms with Crippen LogP contribution in [0.15, 0.2) is 36.4 Å². The molecule has 21 heavy (non-hydrogen) atoms. The summed E-state index contributed by atoms with van der Waals surface area (Å²) in [6.45, 7) is -0.0188. The van der Waals surface area contributed by atoms with Gasteiger partial charge in [-0.15, -0.1) is 0 Å². The third-order valence-corrected chi connectivity index (χ3v) is 3.24. The lowest BCUT2D eigenvalue weighted by atomic mass is 10.1. The Bertz CT molecular complexity index is 647. The topological polar surface area (TPSA) is 86.9 Å². The zero-order chi connectivity index (χ0) is 14.7. The van der Waals surface area contributed by atoms with Gasteiger partial charge in [-0.25, -0.2) is 0 Å². The quantitative estimate of drug-likeness (QED) is 0.768. The van der Waals surface area contributed by atoms with Crippen LogP contribution in [0.25, 0.3) is 11.3 Å². The van der Waals surface area contributed by atoms with E-state index in [0.717, 1.165) is 18.4 Å². The molecule has 0 unspecified atom stereocenters. The molecular weight excluding hydrogens is 268 g/mol. The Labute approximate surface area is 121 Å². The fraction of sp³-hybridized carbons (Fsp3) is 0.267. The average Bonchev–Trinajstić information content (AvgIpc) is 3.18. The molecule has 0 radical (unpaired) electrons. The Morgan fingerprint density at radius 2 is 2.00 bits per heavy atom. The normalized spacial score (nSPS) is 13.7. The smallest absolute Gasteiger partial charge is 0.269 e. The largest absolute Gasteiger partial charge is 0.352 e. The van der Waals surface area contributed by atoms with Crippen LogP contribution >= 0.6 is 0 Å². The van der Waals surface area contributed by atoms with E-state index in [1.165, 1.54) is 0 Å². The van der Waals surface area contributed by atoms with E-state index in [2.05, 4.69) is 20.8 Å². The van der Waals surface area contributed by atoms with Gasteiger partial charge in [0.1, 0.15) is 5.69 Å². The van der Waals surface area contributed by atoms with E-state index < -0.39 is 0 Å². The monoisotopic (exact) mass is 284 g/mol. The van der Waals surface area contributed by atoms with Gasteiger partial charge >= 0.3 is 0 Å². The van der Waals surface area contributed by atoms with Gasteiger partial charge in [0, 0.05) is 11.6 Å². The lowest BCUT2D eigenvalue weighted by Crippen LogP contribution is -2.37. The van der Waals surface area contributed by atoms with Crippen LogP contribution in [0.1, 0.15) is 23.3 Å². The minimum absolute atomic E-state index is 0.0188. The predicted octanol–water partition coefficient (Wildman–Crippen LogP) is 1.09. The second kappa shape index (κ2) is 5.78. The van der Waals surface area contributed by atoms with Gasteiger partial charge in [-0.2, -0.15) is 5.10 Å². The number of hydrogen-bond donors (Lipinski definition) is 3. The second-order valence-corrected chi connectivity index (χ2v) is 5.06. The van der Waals surface area contributed by atoms with Crippen molar-refractivity contribution in [3.05, 3.63) is 42.1 Å². The van der Waals surface area contributed by atoms with Crippen LogP contribution in [-0.2, 0) is 4.79 Å². The maximum absolute atomic E-state index is 11.9. The number of aromatic nitrogens is 2. The van der Waals surface area contributed by atoms with Crippen molar-refractivity contribution in [1.82, 2.24) is 20.8 Å². The van der Waals surface area contributed by atoms with Gasteiger partial charge in [-0.1, -0.05) is 30.3 Å². The summed E-state index contributed by atoms with van der Waals surface area (Å²) in [7, 11) is 0. The van der Waals surface area contributed by atoms with Gasteiger partial charge in [0.15, 0.2) is 0 Å². The van der Waals surface area contributed by atoms with Gasteiger partial charge in [0.25, 0.3) is 5.91 Å². The van der Waals surface area contributed by atoms with E-state index in [1.54, 1.807) is 6.07 Å². The van der Waals surface area contributed by atoms with Gasteiger partial charge in [-0.05, 0) is 18.9 Å². The third-order valence-electron chi connectivity index (χ3n) is 3.24. The zero-order valence-corrected chi connectivity index (χ0v) is 11.4. The molecule has 6 heteroatoms. The van der Waals surface area contributed by atoms with Crippen LogP contribution in [0.2, 0.25) is 0 Å². The van der Waals surface area contributed by atoms with E-state index in [-0.39, 0.29) is 18.4 Å². The number of nitrogens with zero attached hydrogens (tertiary/aromatic N) is 1. The van der Waals surface area contributed by atoms with E-state index in [9.17, 15) is 9.59 Å². The Kier molecular flexibility index (Phi) is 3.68. The molecular formula is C15H16N4O2. The highest BCUT2D eigenvalue weighted by atomic mass is 16.2. The first kappa shape index (κ1) is 13.4. The summed E-state index contributed by atoms with van der Waals surface area (Å²) in [6.07, 6.45) is 2.06. The van der Waals surface area contributed by atoms with Crippen LogP contribution in [0.4, 0.5) is 0 Å². The zero-order valence-electron chi connectivity index (χ0n) is 11.4. The maximum atomic E-state index is 11.9. The minimum Gasteiger partial charge on any atom is -0.352 e. The fourth-order valence-electron chi connectivity index (χ4n) is 1.96. The van der Waals surface area contributed by atoms with E-state index >= 15 is 0 Å². The summed E-state index contributed by atoms with van der Waals surface area (Å²) in [4.78, 5) is 23.4. The second-order valence-electron chi connectivity index (χ2n) is 5.06. The molecule has 1 aromatic heterocycles. The Morgan fingerprint density at radius 3 is 2.71 bits per heavy atom. The van der Waals surface area contributed by atoms with E-state index in [1.807, 2.05) is 30.3 Å². The lowest BCUT2D eigenvalue weighted by Gasteiger charge is -2.04. The van der Waals surface area contributed by atoms with E-state index in [4.69, 9.17) is 0 Å². The molecule has 1 aromatic carbocycles. The minimum atomic E-state index is -0.337. The number of carbonyl (C=O) groups is 2. The number of nitrogens with one attached hydrogen (secondary N) is 3. The number of amides is 2. The third kappa shape index (κ3) is 3.47. The molecule has 0 aliphatic heterocycles. The highest BCUT2D eigenvalue weighted by Crippen LogP contribution is 2.18. The molecule has 3 rings (SSSR count). The van der Waals surface area contributed by atoms with Crippen molar-refractivity contribution in [3.63, 3.8) is 0 Å². The number of rotatable bonds is 5. The van der Waals surface area contributed by atoms with Crippen molar-refractivity contribution in [1.29, 1.82) is 0 Å². The standard InChI is InChI=1S/C15H16N4O2/c20-14(17-11-6-7-11)9-16-15(21)13-8-12(18-19-13)10-4-2-1-3-5-10/h1-5,8,11H,6-7,9H2,(H,16,21)(H,17,20)(H,18,19). The predicted molar refractivity (Wildman–Crippen MR) is 77.5 cm³/mol. The summed E-state index contributed by atoms with van der Waals surface area (Å²) < 4.78 is 0. The molecule has 1 aliphatic rings. The summed E-state index contributed by atoms with van der Waals surface area (Å²) in [5.74, 6) is -0.496. The first-order valence-corrected chi connectivity index (χ1v) is 6.91. The number of H-pyrrole nitrogens is 1. The number of carbonyl (C=O) groups excluding carboxylic acids is 2. The molecule has 2 aromatic rings.